The summed E-state index contributed by atoms with van der Waals surface area (Å²) in [7, 11) is -2.38. The molecule has 1 atom stereocenters. The number of nitrogens with zero attached hydrogens (tertiary/aromatic N) is 1. The highest BCUT2D eigenvalue weighted by molar-refractivity contribution is 7.89. The van der Waals surface area contributed by atoms with Gasteiger partial charge in [-0.25, -0.2) is 8.42 Å². The van der Waals surface area contributed by atoms with Gasteiger partial charge in [0, 0.05) is 23.5 Å². The molecule has 2 heterocycles. The number of hydrogen-bond donors (Lipinski definition) is 1. The van der Waals surface area contributed by atoms with E-state index in [9.17, 15) is 13.2 Å². The Morgan fingerprint density at radius 2 is 2.00 bits per heavy atom. The molecule has 0 radical (unpaired) electrons. The van der Waals surface area contributed by atoms with E-state index in [1.54, 1.807) is 17.4 Å². The van der Waals surface area contributed by atoms with Crippen molar-refractivity contribution in [3.8, 4) is 5.75 Å². The lowest BCUT2D eigenvalue weighted by Gasteiger charge is -2.27. The Morgan fingerprint density at radius 1 is 1.27 bits per heavy atom. The molecule has 1 aromatic heterocycles. The number of carbonyl (C=O) groups excluding carboxylic acids is 1. The predicted molar refractivity (Wildman–Crippen MR) is 117 cm³/mol. The van der Waals surface area contributed by atoms with Crippen molar-refractivity contribution in [1.82, 2.24) is 9.62 Å². The van der Waals surface area contributed by atoms with E-state index in [0.29, 0.717) is 19.1 Å². The summed E-state index contributed by atoms with van der Waals surface area (Å²) in [5.74, 6) is 0.302. The summed E-state index contributed by atoms with van der Waals surface area (Å²) < 4.78 is 38.2. The normalized spacial score (nSPS) is 16.4. The molecule has 3 rings (SSSR count). The first-order valence-corrected chi connectivity index (χ1v) is 12.2. The minimum Gasteiger partial charge on any atom is -0.495 e. The first kappa shape index (κ1) is 22.7. The van der Waals surface area contributed by atoms with Gasteiger partial charge in [-0.1, -0.05) is 19.9 Å². The zero-order valence-corrected chi connectivity index (χ0v) is 19.1. The van der Waals surface area contributed by atoms with Gasteiger partial charge >= 0.3 is 0 Å². The van der Waals surface area contributed by atoms with Crippen LogP contribution in [-0.2, 0) is 14.8 Å². The Balaban J connectivity index is 1.88. The van der Waals surface area contributed by atoms with E-state index in [4.69, 9.17) is 9.47 Å². The summed E-state index contributed by atoms with van der Waals surface area (Å²) in [6.45, 7) is 5.45. The molecule has 0 aliphatic carbocycles. The number of benzene rings is 1. The number of nitrogens with one attached hydrogen (secondary N) is 1. The zero-order valence-electron chi connectivity index (χ0n) is 17.5. The third-order valence-corrected chi connectivity index (χ3v) is 7.82. The Labute approximate surface area is 182 Å². The summed E-state index contributed by atoms with van der Waals surface area (Å²) in [6.07, 6.45) is 0.793. The van der Waals surface area contributed by atoms with Crippen LogP contribution in [0.5, 0.6) is 5.75 Å². The van der Waals surface area contributed by atoms with Crippen LogP contribution in [0.3, 0.4) is 0 Å². The molecule has 1 aliphatic rings. The average Bonchev–Trinajstić information content (AvgIpc) is 3.28. The topological polar surface area (TPSA) is 84.9 Å². The summed E-state index contributed by atoms with van der Waals surface area (Å²) >= 11 is 1.59. The number of methoxy groups -OCH3 is 1. The van der Waals surface area contributed by atoms with Crippen LogP contribution in [0.4, 0.5) is 0 Å². The maximum atomic E-state index is 13.2. The van der Waals surface area contributed by atoms with Gasteiger partial charge in [0.05, 0.1) is 26.4 Å². The van der Waals surface area contributed by atoms with Crippen LogP contribution in [-0.4, -0.2) is 52.0 Å². The molecule has 1 aromatic carbocycles. The number of morpholine rings is 1. The van der Waals surface area contributed by atoms with Crippen molar-refractivity contribution >= 4 is 27.3 Å². The molecular formula is C21H28N2O5S2. The van der Waals surface area contributed by atoms with Crippen molar-refractivity contribution in [2.75, 3.05) is 33.4 Å². The molecule has 30 heavy (non-hydrogen) atoms. The molecule has 1 aliphatic heterocycles. The Kier molecular flexibility index (Phi) is 7.51. The van der Waals surface area contributed by atoms with Crippen molar-refractivity contribution in [3.63, 3.8) is 0 Å². The number of hydrogen-bond acceptors (Lipinski definition) is 6. The number of thiophene rings is 1. The SMILES string of the molecule is COc1ccc(C(=O)NC(CC(C)C)c2cccs2)cc1S(=O)(=O)N1CCOCC1. The highest BCUT2D eigenvalue weighted by Gasteiger charge is 2.30. The molecule has 0 spiro atoms. The van der Waals surface area contributed by atoms with Crippen LogP contribution in [0.15, 0.2) is 40.6 Å². The summed E-state index contributed by atoms with van der Waals surface area (Å²) in [5, 5.41) is 5.05. The second-order valence-electron chi connectivity index (χ2n) is 7.55. The molecule has 0 bridgehead atoms. The molecular weight excluding hydrogens is 424 g/mol. The largest absolute Gasteiger partial charge is 0.495 e. The molecule has 2 aromatic rings. The molecule has 7 nitrogen and oxygen atoms in total. The fraction of sp³-hybridized carbons (Fsp3) is 0.476. The Morgan fingerprint density at radius 3 is 2.60 bits per heavy atom. The van der Waals surface area contributed by atoms with Crippen LogP contribution in [0.2, 0.25) is 0 Å². The van der Waals surface area contributed by atoms with E-state index in [-0.39, 0.29) is 41.2 Å². The Bertz CT molecular complexity index is 952. The molecule has 0 saturated carbocycles. The van der Waals surface area contributed by atoms with Crippen LogP contribution in [0.25, 0.3) is 0 Å². The van der Waals surface area contributed by atoms with Crippen LogP contribution >= 0.6 is 11.3 Å². The highest BCUT2D eigenvalue weighted by Crippen LogP contribution is 2.30. The fourth-order valence-electron chi connectivity index (χ4n) is 3.39. The number of sulfonamides is 1. The van der Waals surface area contributed by atoms with Crippen molar-refractivity contribution in [1.29, 1.82) is 0 Å². The molecule has 9 heteroatoms. The van der Waals surface area contributed by atoms with Crippen molar-refractivity contribution in [3.05, 3.63) is 46.2 Å². The third kappa shape index (κ3) is 5.21. The van der Waals surface area contributed by atoms with Gasteiger partial charge in [-0.2, -0.15) is 4.31 Å². The van der Waals surface area contributed by atoms with Crippen LogP contribution in [0, 0.1) is 5.92 Å². The molecule has 1 amide bonds. The van der Waals surface area contributed by atoms with E-state index >= 15 is 0 Å². The minimum atomic E-state index is -3.80. The zero-order chi connectivity index (χ0) is 21.7. The first-order chi connectivity index (χ1) is 14.3. The van der Waals surface area contributed by atoms with Gasteiger partial charge in [0.25, 0.3) is 5.91 Å². The third-order valence-electron chi connectivity index (χ3n) is 4.91. The first-order valence-electron chi connectivity index (χ1n) is 9.93. The van der Waals surface area contributed by atoms with E-state index in [1.807, 2.05) is 17.5 Å². The number of amides is 1. The average molecular weight is 453 g/mol. The molecule has 1 unspecified atom stereocenters. The van der Waals surface area contributed by atoms with Gasteiger partial charge in [0.15, 0.2) is 0 Å². The van der Waals surface area contributed by atoms with E-state index < -0.39 is 10.0 Å². The minimum absolute atomic E-state index is 0.00363. The lowest BCUT2D eigenvalue weighted by atomic mass is 10.0. The number of carbonyl (C=O) groups is 1. The smallest absolute Gasteiger partial charge is 0.251 e. The van der Waals surface area contributed by atoms with Crippen molar-refractivity contribution in [2.24, 2.45) is 5.92 Å². The lowest BCUT2D eigenvalue weighted by molar-refractivity contribution is 0.0729. The molecule has 164 valence electrons. The van der Waals surface area contributed by atoms with Gasteiger partial charge in [-0.05, 0) is 42.0 Å². The number of rotatable bonds is 8. The van der Waals surface area contributed by atoms with Gasteiger partial charge in [0.1, 0.15) is 10.6 Å². The monoisotopic (exact) mass is 452 g/mol. The Hall–Kier alpha value is -1.94. The van der Waals surface area contributed by atoms with Crippen LogP contribution in [0.1, 0.15) is 41.5 Å². The quantitative estimate of drug-likeness (QED) is 0.664. The van der Waals surface area contributed by atoms with E-state index in [1.165, 1.54) is 23.5 Å². The van der Waals surface area contributed by atoms with Gasteiger partial charge in [-0.3, -0.25) is 4.79 Å². The molecule has 1 N–H and O–H groups in total. The summed E-state index contributed by atoms with van der Waals surface area (Å²) in [5.41, 5.74) is 0.285. The van der Waals surface area contributed by atoms with Gasteiger partial charge < -0.3 is 14.8 Å². The van der Waals surface area contributed by atoms with E-state index in [2.05, 4.69) is 19.2 Å². The maximum absolute atomic E-state index is 13.2. The predicted octanol–water partition coefficient (Wildman–Crippen LogP) is 3.29. The van der Waals surface area contributed by atoms with Crippen molar-refractivity contribution in [2.45, 2.75) is 31.2 Å². The number of ether oxygens (including phenoxy) is 2. The van der Waals surface area contributed by atoms with Crippen molar-refractivity contribution < 1.29 is 22.7 Å². The molecule has 1 fully saturated rings. The van der Waals surface area contributed by atoms with Gasteiger partial charge in [-0.15, -0.1) is 11.3 Å². The second kappa shape index (κ2) is 9.91. The standard InChI is InChI=1S/C21H28N2O5S2/c1-15(2)13-17(19-5-4-12-29-19)22-21(24)16-6-7-18(27-3)20(14-16)30(25,26)23-8-10-28-11-9-23/h4-7,12,14-15,17H,8-11,13H2,1-3H3,(H,22,24). The fourth-order valence-corrected chi connectivity index (χ4v) is 5.77. The van der Waals surface area contributed by atoms with Gasteiger partial charge in [0.2, 0.25) is 10.0 Å². The summed E-state index contributed by atoms with van der Waals surface area (Å²) in [6, 6.07) is 8.36. The summed E-state index contributed by atoms with van der Waals surface area (Å²) in [4.78, 5) is 14.1. The maximum Gasteiger partial charge on any atom is 0.251 e. The van der Waals surface area contributed by atoms with E-state index in [0.717, 1.165) is 11.3 Å². The highest BCUT2D eigenvalue weighted by atomic mass is 32.2. The lowest BCUT2D eigenvalue weighted by Crippen LogP contribution is -2.40. The molecule has 1 saturated heterocycles. The van der Waals surface area contributed by atoms with Crippen LogP contribution < -0.4 is 10.1 Å². The second-order valence-corrected chi connectivity index (χ2v) is 10.4.